The van der Waals surface area contributed by atoms with Crippen LogP contribution in [-0.2, 0) is 26.6 Å². The zero-order chi connectivity index (χ0) is 30.5. The average molecular weight is 627 g/mol. The van der Waals surface area contributed by atoms with Gasteiger partial charge in [-0.2, -0.15) is 0 Å². The number of aryl methyl sites for hydroxylation is 1. The first-order chi connectivity index (χ1) is 20.7. The third-order valence-electron chi connectivity index (χ3n) is 9.05. The number of hydrogen-bond acceptors (Lipinski definition) is 6. The predicted molar refractivity (Wildman–Crippen MR) is 173 cm³/mol. The average Bonchev–Trinajstić information content (AvgIpc) is 3.12. The molecule has 3 atom stereocenters. The first-order valence-corrected chi connectivity index (χ1v) is 17.5. The third-order valence-corrected chi connectivity index (χ3v) is 10.5. The van der Waals surface area contributed by atoms with Gasteiger partial charge in [-0.05, 0) is 91.8 Å². The van der Waals surface area contributed by atoms with Gasteiger partial charge in [0, 0.05) is 29.1 Å². The predicted octanol–water partition coefficient (Wildman–Crippen LogP) is 6.46. The largest absolute Gasteiger partial charge is 0.490 e. The second kappa shape index (κ2) is 13.9. The summed E-state index contributed by atoms with van der Waals surface area (Å²) >= 11 is 6.40. The van der Waals surface area contributed by atoms with Gasteiger partial charge in [0.05, 0.1) is 31.3 Å². The Bertz CT molecular complexity index is 1460. The van der Waals surface area contributed by atoms with Crippen molar-refractivity contribution >= 4 is 33.2 Å². The molecule has 1 aliphatic heterocycles. The number of rotatable bonds is 12. The Kier molecular flexibility index (Phi) is 10.2. The van der Waals surface area contributed by atoms with E-state index in [9.17, 15) is 13.2 Å². The Morgan fingerprint density at radius 1 is 1.26 bits per heavy atom. The number of hydrogen-bond donors (Lipinski definition) is 1. The number of amides is 1. The molecule has 7 nitrogen and oxygen atoms in total. The van der Waals surface area contributed by atoms with Gasteiger partial charge in [-0.3, -0.25) is 4.79 Å². The molecule has 1 saturated carbocycles. The number of benzene rings is 2. The van der Waals surface area contributed by atoms with Crippen LogP contribution in [0.2, 0.25) is 5.02 Å². The molecule has 232 valence electrons. The van der Waals surface area contributed by atoms with E-state index in [2.05, 4.69) is 47.4 Å². The molecule has 1 N–H and O–H groups in total. The zero-order valence-corrected chi connectivity index (χ0v) is 26.6. The van der Waals surface area contributed by atoms with Gasteiger partial charge < -0.3 is 14.4 Å². The lowest BCUT2D eigenvalue weighted by atomic mass is 9.69. The van der Waals surface area contributed by atoms with Crippen LogP contribution in [0.25, 0.3) is 0 Å². The van der Waals surface area contributed by atoms with Crippen LogP contribution in [0.1, 0.15) is 66.9 Å². The highest BCUT2D eigenvalue weighted by molar-refractivity contribution is 7.90. The van der Waals surface area contributed by atoms with Crippen molar-refractivity contribution in [3.63, 3.8) is 0 Å². The monoisotopic (exact) mass is 626 g/mol. The Labute approximate surface area is 261 Å². The maximum absolute atomic E-state index is 13.2. The number of carbonyl (C=O) groups excluding carboxylic acids is 1. The van der Waals surface area contributed by atoms with E-state index in [1.54, 1.807) is 24.3 Å². The highest BCUT2D eigenvalue weighted by Crippen LogP contribution is 2.46. The van der Waals surface area contributed by atoms with Crippen molar-refractivity contribution in [2.45, 2.75) is 57.3 Å². The fourth-order valence-electron chi connectivity index (χ4n) is 6.64. The quantitative estimate of drug-likeness (QED) is 0.215. The number of nitrogens with one attached hydrogen (secondary N) is 1. The van der Waals surface area contributed by atoms with Crippen LogP contribution < -0.4 is 14.4 Å². The van der Waals surface area contributed by atoms with Crippen LogP contribution in [0, 0.1) is 11.8 Å². The second-order valence-corrected chi connectivity index (χ2v) is 14.4. The molecule has 1 heterocycles. The Hall–Kier alpha value is -2.81. The van der Waals surface area contributed by atoms with Crippen LogP contribution in [0.4, 0.5) is 5.69 Å². The maximum Gasteiger partial charge on any atom is 0.264 e. The van der Waals surface area contributed by atoms with Gasteiger partial charge in [0.25, 0.3) is 5.91 Å². The molecule has 1 fully saturated rings. The van der Waals surface area contributed by atoms with Crippen LogP contribution in [0.3, 0.4) is 0 Å². The van der Waals surface area contributed by atoms with Crippen molar-refractivity contribution in [2.24, 2.45) is 11.8 Å². The summed E-state index contributed by atoms with van der Waals surface area (Å²) in [6, 6.07) is 11.5. The van der Waals surface area contributed by atoms with Crippen molar-refractivity contribution < 1.29 is 22.7 Å². The second-order valence-electron chi connectivity index (χ2n) is 12.1. The standard InChI is InChI=1S/C34H43ClN2O5S/c1-3-5-6-8-25-10-11-28(25)22-37-23-34(16-7-9-26-20-29(35)13-14-30(26)34)24-42-32-15-12-27(21-31(32)37)33(38)36-43(39,40)19-18-41-17-4-2/h4,6,8,12-15,20-21,25,28H,2-3,5,7,9-11,16-19,22-24H2,1H3,(H,36,38)/b8-6+/t25-,28+,34+/m1/s1. The number of nitrogens with zero attached hydrogens (tertiary/aromatic N) is 1. The summed E-state index contributed by atoms with van der Waals surface area (Å²) in [5.41, 5.74) is 3.46. The molecule has 9 heteroatoms. The maximum atomic E-state index is 13.2. The molecule has 2 aliphatic carbocycles. The van der Waals surface area contributed by atoms with Crippen LogP contribution in [-0.4, -0.2) is 53.0 Å². The lowest BCUT2D eigenvalue weighted by molar-refractivity contribution is 0.0981. The molecule has 3 aliphatic rings. The van der Waals surface area contributed by atoms with Gasteiger partial charge in [-0.15, -0.1) is 6.58 Å². The van der Waals surface area contributed by atoms with Gasteiger partial charge >= 0.3 is 0 Å². The topological polar surface area (TPSA) is 84.9 Å². The molecule has 43 heavy (non-hydrogen) atoms. The first-order valence-electron chi connectivity index (χ1n) is 15.4. The summed E-state index contributed by atoms with van der Waals surface area (Å²) < 4.78 is 39.1. The first kappa shape index (κ1) is 31.6. The molecular weight excluding hydrogens is 584 g/mol. The fourth-order valence-corrected chi connectivity index (χ4v) is 7.67. The molecule has 0 saturated heterocycles. The van der Waals surface area contributed by atoms with Gasteiger partial charge in [-0.25, -0.2) is 13.1 Å². The van der Waals surface area contributed by atoms with Gasteiger partial charge in [0.1, 0.15) is 5.75 Å². The van der Waals surface area contributed by atoms with Crippen LogP contribution >= 0.6 is 11.6 Å². The molecule has 0 unspecified atom stereocenters. The van der Waals surface area contributed by atoms with E-state index in [1.807, 2.05) is 6.07 Å². The minimum Gasteiger partial charge on any atom is -0.490 e. The van der Waals surface area contributed by atoms with E-state index in [4.69, 9.17) is 21.1 Å². The van der Waals surface area contributed by atoms with Crippen molar-refractivity contribution in [1.29, 1.82) is 0 Å². The van der Waals surface area contributed by atoms with Gasteiger partial charge in [0.15, 0.2) is 0 Å². The summed E-state index contributed by atoms with van der Waals surface area (Å²) in [6.07, 6.45) is 13.9. The lowest BCUT2D eigenvalue weighted by Crippen LogP contribution is -2.48. The molecule has 2 aromatic carbocycles. The highest BCUT2D eigenvalue weighted by atomic mass is 35.5. The third kappa shape index (κ3) is 7.47. The smallest absolute Gasteiger partial charge is 0.264 e. The van der Waals surface area contributed by atoms with E-state index >= 15 is 0 Å². The number of sulfonamides is 1. The fraction of sp³-hybridized carbons (Fsp3) is 0.500. The summed E-state index contributed by atoms with van der Waals surface area (Å²) in [5.74, 6) is 0.776. The summed E-state index contributed by atoms with van der Waals surface area (Å²) in [7, 11) is -3.87. The van der Waals surface area contributed by atoms with E-state index < -0.39 is 15.9 Å². The number of allylic oxidation sites excluding steroid dienone is 2. The van der Waals surface area contributed by atoms with Gasteiger partial charge in [-0.1, -0.05) is 49.2 Å². The van der Waals surface area contributed by atoms with Crippen LogP contribution in [0.5, 0.6) is 5.75 Å². The SMILES string of the molecule is C=CCOCCS(=O)(=O)NC(=O)c1ccc2c(c1)N(C[C@@H]1CC[C@H]1/C=C/CCC)C[C@@]1(CCCc3cc(Cl)ccc31)CO2. The lowest BCUT2D eigenvalue weighted by Gasteiger charge is -2.44. The molecule has 0 radical (unpaired) electrons. The van der Waals surface area contributed by atoms with Crippen molar-refractivity contribution in [3.8, 4) is 5.75 Å². The Balaban J connectivity index is 1.44. The molecular formula is C34H43ClN2O5S. The number of anilines is 1. The minimum absolute atomic E-state index is 0.0233. The highest BCUT2D eigenvalue weighted by Gasteiger charge is 2.43. The normalized spacial score (nSPS) is 23.2. The minimum atomic E-state index is -3.87. The van der Waals surface area contributed by atoms with Crippen LogP contribution in [0.15, 0.2) is 61.2 Å². The van der Waals surface area contributed by atoms with E-state index in [0.29, 0.717) is 24.2 Å². The summed E-state index contributed by atoms with van der Waals surface area (Å²) in [4.78, 5) is 15.6. The molecule has 2 aromatic rings. The van der Waals surface area contributed by atoms with E-state index in [-0.39, 0.29) is 29.9 Å². The molecule has 5 rings (SSSR count). The van der Waals surface area contributed by atoms with Crippen molar-refractivity contribution in [3.05, 3.63) is 82.9 Å². The van der Waals surface area contributed by atoms with Gasteiger partial charge in [0.2, 0.25) is 10.0 Å². The summed E-state index contributed by atoms with van der Waals surface area (Å²) in [5, 5.41) is 0.750. The van der Waals surface area contributed by atoms with Crippen molar-refractivity contribution in [2.75, 3.05) is 43.6 Å². The Morgan fingerprint density at radius 3 is 2.88 bits per heavy atom. The zero-order valence-electron chi connectivity index (χ0n) is 25.0. The molecule has 0 aromatic heterocycles. The number of fused-ring (bicyclic) bond motifs is 3. The Morgan fingerprint density at radius 2 is 2.12 bits per heavy atom. The molecule has 0 bridgehead atoms. The molecule has 1 amide bonds. The summed E-state index contributed by atoms with van der Waals surface area (Å²) in [6.45, 7) is 8.09. The number of unbranched alkanes of at least 4 members (excludes halogenated alkanes) is 1. The molecule has 1 spiro atoms. The number of halogens is 1. The number of ether oxygens (including phenoxy) is 2. The number of carbonyl (C=O) groups is 1. The van der Waals surface area contributed by atoms with E-state index in [1.165, 1.54) is 17.5 Å². The van der Waals surface area contributed by atoms with E-state index in [0.717, 1.165) is 62.3 Å². The van der Waals surface area contributed by atoms with Crippen molar-refractivity contribution in [1.82, 2.24) is 4.72 Å².